The SMILES string of the molecule is Cc1ccnc(COc2cc[c]cc2)c1. The molecule has 15 heavy (non-hydrogen) atoms. The summed E-state index contributed by atoms with van der Waals surface area (Å²) < 4.78 is 5.56. The molecule has 0 unspecified atom stereocenters. The first-order valence-electron chi connectivity index (χ1n) is 4.85. The molecule has 0 aliphatic heterocycles. The predicted molar refractivity (Wildman–Crippen MR) is 58.6 cm³/mol. The van der Waals surface area contributed by atoms with Crippen LogP contribution >= 0.6 is 0 Å². The molecule has 0 bridgehead atoms. The first-order chi connectivity index (χ1) is 7.34. The molecule has 2 heteroatoms. The van der Waals surface area contributed by atoms with Crippen molar-refractivity contribution in [1.29, 1.82) is 0 Å². The van der Waals surface area contributed by atoms with Gasteiger partial charge in [-0.05, 0) is 42.8 Å². The predicted octanol–water partition coefficient (Wildman–Crippen LogP) is 2.77. The highest BCUT2D eigenvalue weighted by atomic mass is 16.5. The summed E-state index contributed by atoms with van der Waals surface area (Å²) in [6.45, 7) is 2.55. The molecule has 0 amide bonds. The molecule has 0 aliphatic rings. The van der Waals surface area contributed by atoms with E-state index in [-0.39, 0.29) is 0 Å². The van der Waals surface area contributed by atoms with Gasteiger partial charge in [0.1, 0.15) is 12.4 Å². The van der Waals surface area contributed by atoms with E-state index in [0.717, 1.165) is 11.4 Å². The molecule has 0 N–H and O–H groups in total. The maximum atomic E-state index is 5.56. The van der Waals surface area contributed by atoms with Crippen LogP contribution in [0.25, 0.3) is 0 Å². The normalized spacial score (nSPS) is 9.93. The minimum Gasteiger partial charge on any atom is -0.487 e. The molecule has 75 valence electrons. The first-order valence-corrected chi connectivity index (χ1v) is 4.85. The third-order valence-electron chi connectivity index (χ3n) is 2.05. The number of hydrogen-bond donors (Lipinski definition) is 0. The smallest absolute Gasteiger partial charge is 0.130 e. The van der Waals surface area contributed by atoms with Crippen molar-refractivity contribution >= 4 is 0 Å². The van der Waals surface area contributed by atoms with Crippen molar-refractivity contribution in [2.75, 3.05) is 0 Å². The molecular weight excluding hydrogens is 186 g/mol. The highest BCUT2D eigenvalue weighted by Gasteiger charge is 1.96. The fourth-order valence-electron chi connectivity index (χ4n) is 1.30. The van der Waals surface area contributed by atoms with E-state index in [1.165, 1.54) is 5.56 Å². The summed E-state index contributed by atoms with van der Waals surface area (Å²) in [6, 6.07) is 14.4. The van der Waals surface area contributed by atoms with Gasteiger partial charge in [-0.15, -0.1) is 0 Å². The van der Waals surface area contributed by atoms with Crippen LogP contribution in [-0.4, -0.2) is 4.98 Å². The van der Waals surface area contributed by atoms with Crippen molar-refractivity contribution in [2.45, 2.75) is 13.5 Å². The number of aryl methyl sites for hydroxylation is 1. The van der Waals surface area contributed by atoms with Crippen molar-refractivity contribution in [3.8, 4) is 5.75 Å². The zero-order valence-corrected chi connectivity index (χ0v) is 8.60. The van der Waals surface area contributed by atoms with Gasteiger partial charge >= 0.3 is 0 Å². The van der Waals surface area contributed by atoms with Gasteiger partial charge in [0.25, 0.3) is 0 Å². The van der Waals surface area contributed by atoms with Crippen LogP contribution in [-0.2, 0) is 6.61 Å². The summed E-state index contributed by atoms with van der Waals surface area (Å²) in [5, 5.41) is 0. The average Bonchev–Trinajstić information content (AvgIpc) is 2.28. The van der Waals surface area contributed by atoms with E-state index >= 15 is 0 Å². The summed E-state index contributed by atoms with van der Waals surface area (Å²) in [5.74, 6) is 0.844. The zero-order valence-electron chi connectivity index (χ0n) is 8.60. The molecule has 0 fully saturated rings. The van der Waals surface area contributed by atoms with Crippen LogP contribution in [0.5, 0.6) is 5.75 Å². The van der Waals surface area contributed by atoms with E-state index in [1.54, 1.807) is 6.20 Å². The van der Waals surface area contributed by atoms with Gasteiger partial charge in [-0.3, -0.25) is 4.98 Å². The number of pyridine rings is 1. The van der Waals surface area contributed by atoms with Gasteiger partial charge in [0.15, 0.2) is 0 Å². The summed E-state index contributed by atoms with van der Waals surface area (Å²) in [5.41, 5.74) is 2.15. The van der Waals surface area contributed by atoms with Gasteiger partial charge in [-0.2, -0.15) is 0 Å². The molecular formula is C13H12NO. The van der Waals surface area contributed by atoms with Gasteiger partial charge in [0.2, 0.25) is 0 Å². The summed E-state index contributed by atoms with van der Waals surface area (Å²) in [7, 11) is 0. The van der Waals surface area contributed by atoms with E-state index in [4.69, 9.17) is 4.74 Å². The molecule has 0 saturated heterocycles. The molecule has 0 atom stereocenters. The molecule has 2 rings (SSSR count). The number of hydrogen-bond acceptors (Lipinski definition) is 2. The second-order valence-corrected chi connectivity index (χ2v) is 3.35. The van der Waals surface area contributed by atoms with Gasteiger partial charge in [0, 0.05) is 6.20 Å². The molecule has 0 aliphatic carbocycles. The minimum atomic E-state index is 0.506. The van der Waals surface area contributed by atoms with Gasteiger partial charge < -0.3 is 4.74 Å². The van der Waals surface area contributed by atoms with Crippen LogP contribution in [0.3, 0.4) is 0 Å². The molecule has 0 saturated carbocycles. The summed E-state index contributed by atoms with van der Waals surface area (Å²) >= 11 is 0. The third-order valence-corrected chi connectivity index (χ3v) is 2.05. The zero-order chi connectivity index (χ0) is 10.5. The molecule has 0 spiro atoms. The number of aromatic nitrogens is 1. The summed E-state index contributed by atoms with van der Waals surface area (Å²) in [6.07, 6.45) is 1.80. The van der Waals surface area contributed by atoms with E-state index < -0.39 is 0 Å². The number of nitrogens with zero attached hydrogens (tertiary/aromatic N) is 1. The Morgan fingerprint density at radius 1 is 1.27 bits per heavy atom. The summed E-state index contributed by atoms with van der Waals surface area (Å²) in [4.78, 5) is 4.22. The van der Waals surface area contributed by atoms with Crippen molar-refractivity contribution < 1.29 is 4.74 Å². The fourth-order valence-corrected chi connectivity index (χ4v) is 1.30. The lowest BCUT2D eigenvalue weighted by atomic mass is 10.2. The Hall–Kier alpha value is -1.83. The van der Waals surface area contributed by atoms with Crippen LogP contribution in [0.15, 0.2) is 42.6 Å². The monoisotopic (exact) mass is 198 g/mol. The van der Waals surface area contributed by atoms with E-state index in [9.17, 15) is 0 Å². The Morgan fingerprint density at radius 2 is 2.07 bits per heavy atom. The fraction of sp³-hybridized carbons (Fsp3) is 0.154. The second kappa shape index (κ2) is 4.60. The van der Waals surface area contributed by atoms with Crippen LogP contribution in [0.1, 0.15) is 11.3 Å². The Morgan fingerprint density at radius 3 is 2.80 bits per heavy atom. The van der Waals surface area contributed by atoms with Crippen molar-refractivity contribution in [3.63, 3.8) is 0 Å². The highest BCUT2D eigenvalue weighted by Crippen LogP contribution is 2.10. The maximum Gasteiger partial charge on any atom is 0.130 e. The van der Waals surface area contributed by atoms with Crippen LogP contribution < -0.4 is 4.74 Å². The Kier molecular flexibility index (Phi) is 2.98. The van der Waals surface area contributed by atoms with Crippen molar-refractivity contribution in [1.82, 2.24) is 4.98 Å². The highest BCUT2D eigenvalue weighted by molar-refractivity contribution is 5.21. The van der Waals surface area contributed by atoms with Crippen LogP contribution in [0.2, 0.25) is 0 Å². The van der Waals surface area contributed by atoms with Crippen LogP contribution in [0, 0.1) is 13.0 Å². The lowest BCUT2D eigenvalue weighted by Gasteiger charge is -2.05. The Balaban J connectivity index is 1.99. The molecule has 1 aromatic heterocycles. The molecule has 2 aromatic rings. The topological polar surface area (TPSA) is 22.1 Å². The lowest BCUT2D eigenvalue weighted by molar-refractivity contribution is 0.301. The molecule has 2 nitrogen and oxygen atoms in total. The van der Waals surface area contributed by atoms with E-state index in [1.807, 2.05) is 43.3 Å². The van der Waals surface area contributed by atoms with Crippen molar-refractivity contribution in [2.24, 2.45) is 0 Å². The van der Waals surface area contributed by atoms with E-state index in [0.29, 0.717) is 6.61 Å². The van der Waals surface area contributed by atoms with Gasteiger partial charge in [0.05, 0.1) is 5.69 Å². The first kappa shape index (κ1) is 9.71. The molecule has 1 heterocycles. The lowest BCUT2D eigenvalue weighted by Crippen LogP contribution is -1.97. The standard InChI is InChI=1S/C13H12NO/c1-11-7-8-14-12(9-11)10-15-13-5-3-2-4-6-13/h3-9H,10H2,1H3. The number of rotatable bonds is 3. The number of ether oxygens (including phenoxy) is 1. The largest absolute Gasteiger partial charge is 0.487 e. The van der Waals surface area contributed by atoms with E-state index in [2.05, 4.69) is 11.1 Å². The Bertz CT molecular complexity index is 426. The van der Waals surface area contributed by atoms with Crippen molar-refractivity contribution in [3.05, 3.63) is 59.9 Å². The maximum absolute atomic E-state index is 5.56. The second-order valence-electron chi connectivity index (χ2n) is 3.35. The number of benzene rings is 1. The molecule has 1 radical (unpaired) electrons. The van der Waals surface area contributed by atoms with Gasteiger partial charge in [-0.1, -0.05) is 12.1 Å². The molecule has 1 aromatic carbocycles. The van der Waals surface area contributed by atoms with Crippen LogP contribution in [0.4, 0.5) is 0 Å². The Labute approximate surface area is 89.6 Å². The van der Waals surface area contributed by atoms with Gasteiger partial charge in [-0.25, -0.2) is 0 Å². The quantitative estimate of drug-likeness (QED) is 0.756. The average molecular weight is 198 g/mol. The third kappa shape index (κ3) is 2.81. The minimum absolute atomic E-state index is 0.506.